The van der Waals surface area contributed by atoms with Crippen LogP contribution in [0.1, 0.15) is 19.3 Å². The van der Waals surface area contributed by atoms with Gasteiger partial charge in [0.25, 0.3) is 0 Å². The minimum atomic E-state index is 0.0447. The van der Waals surface area contributed by atoms with Gasteiger partial charge in [0.15, 0.2) is 0 Å². The van der Waals surface area contributed by atoms with Crippen LogP contribution in [-0.2, 0) is 0 Å². The molecule has 1 fully saturated rings. The Morgan fingerprint density at radius 1 is 1.35 bits per heavy atom. The molecule has 4 nitrogen and oxygen atoms in total. The summed E-state index contributed by atoms with van der Waals surface area (Å²) in [6, 6.07) is 6.70. The zero-order valence-electron chi connectivity index (χ0n) is 9.60. The van der Waals surface area contributed by atoms with Gasteiger partial charge in [-0.05, 0) is 0 Å². The van der Waals surface area contributed by atoms with Crippen molar-refractivity contribution in [2.75, 3.05) is 11.9 Å². The summed E-state index contributed by atoms with van der Waals surface area (Å²) >= 11 is 0.0447. The number of anilines is 1. The fourth-order valence-electron chi connectivity index (χ4n) is 2.63. The molecular formula is C12H16N4Se. The van der Waals surface area contributed by atoms with Gasteiger partial charge in [-0.25, -0.2) is 0 Å². The van der Waals surface area contributed by atoms with Crippen LogP contribution in [0.2, 0.25) is 0 Å². The third kappa shape index (κ3) is 2.10. The number of benzene rings is 1. The molecule has 1 aromatic carbocycles. The maximum atomic E-state index is 5.81. The second-order valence-corrected chi connectivity index (χ2v) is 5.72. The predicted molar refractivity (Wildman–Crippen MR) is 70.3 cm³/mol. The van der Waals surface area contributed by atoms with Gasteiger partial charge in [-0.15, -0.1) is 0 Å². The predicted octanol–water partition coefficient (Wildman–Crippen LogP) is 1.23. The molecule has 5 heteroatoms. The Hall–Kier alpha value is -0.901. The number of hydrogen-bond acceptors (Lipinski definition) is 4. The Balaban J connectivity index is 1.87. The van der Waals surface area contributed by atoms with Gasteiger partial charge in [0.1, 0.15) is 0 Å². The topological polar surface area (TPSA) is 63.8 Å². The van der Waals surface area contributed by atoms with Crippen LogP contribution in [0.25, 0.3) is 11.0 Å². The van der Waals surface area contributed by atoms with Crippen molar-refractivity contribution in [2.45, 2.75) is 25.3 Å². The van der Waals surface area contributed by atoms with E-state index in [-0.39, 0.29) is 15.0 Å². The van der Waals surface area contributed by atoms with E-state index in [9.17, 15) is 0 Å². The van der Waals surface area contributed by atoms with Gasteiger partial charge in [0.2, 0.25) is 0 Å². The molecule has 1 aromatic heterocycles. The molecule has 0 spiro atoms. The molecule has 1 aliphatic rings. The average Bonchev–Trinajstić information content (AvgIpc) is 2.97. The summed E-state index contributed by atoms with van der Waals surface area (Å²) in [6.45, 7) is 0.776. The van der Waals surface area contributed by atoms with Crippen LogP contribution in [-0.4, -0.2) is 35.5 Å². The van der Waals surface area contributed by atoms with E-state index in [4.69, 9.17) is 5.73 Å². The number of nitrogens with two attached hydrogens (primary N) is 1. The maximum absolute atomic E-state index is 5.81. The molecule has 90 valence electrons. The molecule has 0 saturated heterocycles. The number of nitrogens with one attached hydrogen (secondary N) is 1. The van der Waals surface area contributed by atoms with Crippen molar-refractivity contribution in [3.05, 3.63) is 18.2 Å². The van der Waals surface area contributed by atoms with E-state index in [1.54, 1.807) is 0 Å². The Morgan fingerprint density at radius 3 is 3.18 bits per heavy atom. The SMILES string of the molecule is NCC1CCCC1Nc1cccc2n[se]nc12. The number of nitrogens with zero attached hydrogens (tertiary/aromatic N) is 2. The van der Waals surface area contributed by atoms with Crippen molar-refractivity contribution in [3.8, 4) is 0 Å². The normalized spacial score (nSPS) is 24.3. The Bertz CT molecular complexity index is 510. The molecule has 2 atom stereocenters. The van der Waals surface area contributed by atoms with Crippen molar-refractivity contribution in [1.82, 2.24) is 7.96 Å². The zero-order valence-corrected chi connectivity index (χ0v) is 11.3. The van der Waals surface area contributed by atoms with Crippen molar-refractivity contribution in [3.63, 3.8) is 0 Å². The van der Waals surface area contributed by atoms with E-state index < -0.39 is 0 Å². The van der Waals surface area contributed by atoms with Crippen LogP contribution in [0.15, 0.2) is 18.2 Å². The average molecular weight is 295 g/mol. The number of rotatable bonds is 3. The standard InChI is InChI=1S/C12H16N4Se/c13-7-8-3-1-4-9(8)14-10-5-2-6-11-12(10)16-17-15-11/h2,5-6,8-9,14H,1,3-4,7,13H2. The third-order valence-electron chi connectivity index (χ3n) is 3.59. The van der Waals surface area contributed by atoms with E-state index in [2.05, 4.69) is 19.3 Å². The zero-order chi connectivity index (χ0) is 11.7. The fraction of sp³-hybridized carbons (Fsp3) is 0.500. The van der Waals surface area contributed by atoms with Gasteiger partial charge >= 0.3 is 107 Å². The molecule has 3 rings (SSSR count). The fourth-order valence-corrected chi connectivity index (χ4v) is 3.78. The monoisotopic (exact) mass is 296 g/mol. The van der Waals surface area contributed by atoms with Crippen molar-refractivity contribution < 1.29 is 0 Å². The second-order valence-electron chi connectivity index (χ2n) is 4.62. The summed E-state index contributed by atoms with van der Waals surface area (Å²) in [4.78, 5) is 0. The third-order valence-corrected chi connectivity index (χ3v) is 4.73. The van der Waals surface area contributed by atoms with E-state index in [0.717, 1.165) is 23.3 Å². The molecule has 0 amide bonds. The molecule has 0 radical (unpaired) electrons. The summed E-state index contributed by atoms with van der Waals surface area (Å²) in [5.41, 5.74) is 9.04. The summed E-state index contributed by atoms with van der Waals surface area (Å²) in [5, 5.41) is 3.62. The molecule has 3 N–H and O–H groups in total. The Labute approximate surface area is 107 Å². The summed E-state index contributed by atoms with van der Waals surface area (Å²) in [6.07, 6.45) is 3.74. The first-order valence-corrected chi connectivity index (χ1v) is 7.59. The molecule has 0 bridgehead atoms. The number of aromatic nitrogens is 2. The summed E-state index contributed by atoms with van der Waals surface area (Å²) in [7, 11) is 0. The van der Waals surface area contributed by atoms with Crippen LogP contribution in [0.5, 0.6) is 0 Å². The van der Waals surface area contributed by atoms with Crippen LogP contribution < -0.4 is 11.1 Å². The molecule has 2 aromatic rings. The van der Waals surface area contributed by atoms with E-state index in [1.165, 1.54) is 19.3 Å². The molecule has 17 heavy (non-hydrogen) atoms. The van der Waals surface area contributed by atoms with Crippen LogP contribution >= 0.6 is 0 Å². The summed E-state index contributed by atoms with van der Waals surface area (Å²) in [5.74, 6) is 0.606. The van der Waals surface area contributed by atoms with E-state index >= 15 is 0 Å². The van der Waals surface area contributed by atoms with Gasteiger partial charge in [-0.2, -0.15) is 0 Å². The molecule has 0 aliphatic heterocycles. The Kier molecular flexibility index (Phi) is 3.14. The van der Waals surface area contributed by atoms with Crippen molar-refractivity contribution in [2.24, 2.45) is 11.7 Å². The van der Waals surface area contributed by atoms with Crippen molar-refractivity contribution in [1.29, 1.82) is 0 Å². The van der Waals surface area contributed by atoms with Gasteiger partial charge in [-0.3, -0.25) is 0 Å². The number of hydrogen-bond donors (Lipinski definition) is 2. The van der Waals surface area contributed by atoms with Gasteiger partial charge in [0, 0.05) is 0 Å². The number of fused-ring (bicyclic) bond motifs is 1. The molecule has 2 unspecified atom stereocenters. The minimum absolute atomic E-state index is 0.0447. The molecule has 1 saturated carbocycles. The molecule has 1 heterocycles. The molecular weight excluding hydrogens is 279 g/mol. The first-order valence-electron chi connectivity index (χ1n) is 6.06. The summed E-state index contributed by atoms with van der Waals surface area (Å²) < 4.78 is 8.90. The first-order chi connectivity index (χ1) is 8.38. The van der Waals surface area contributed by atoms with Crippen LogP contribution in [0, 0.1) is 5.92 Å². The van der Waals surface area contributed by atoms with Crippen LogP contribution in [0.4, 0.5) is 5.69 Å². The van der Waals surface area contributed by atoms with Gasteiger partial charge in [0.05, 0.1) is 0 Å². The second kappa shape index (κ2) is 4.76. The van der Waals surface area contributed by atoms with Gasteiger partial charge < -0.3 is 0 Å². The van der Waals surface area contributed by atoms with E-state index in [0.29, 0.717) is 12.0 Å². The quantitative estimate of drug-likeness (QED) is 0.836. The first kappa shape index (κ1) is 11.2. The van der Waals surface area contributed by atoms with Crippen LogP contribution in [0.3, 0.4) is 0 Å². The Morgan fingerprint density at radius 2 is 2.29 bits per heavy atom. The van der Waals surface area contributed by atoms with Gasteiger partial charge in [-0.1, -0.05) is 0 Å². The van der Waals surface area contributed by atoms with E-state index in [1.807, 2.05) is 12.1 Å². The molecule has 1 aliphatic carbocycles. The van der Waals surface area contributed by atoms with Crippen molar-refractivity contribution >= 4 is 31.7 Å².